The van der Waals surface area contributed by atoms with Gasteiger partial charge in [0.2, 0.25) is 0 Å². The molecular weight excluding hydrogens is 265 g/mol. The van der Waals surface area contributed by atoms with E-state index in [-0.39, 0.29) is 12.1 Å². The average molecular weight is 292 g/mol. The van der Waals surface area contributed by atoms with Crippen molar-refractivity contribution < 1.29 is 13.2 Å². The highest BCUT2D eigenvalue weighted by atomic mass is 19.4. The Kier molecular flexibility index (Phi) is 5.73. The van der Waals surface area contributed by atoms with Gasteiger partial charge in [0.1, 0.15) is 0 Å². The molecule has 2 aliphatic carbocycles. The van der Waals surface area contributed by atoms with Crippen LogP contribution < -0.4 is 5.32 Å². The van der Waals surface area contributed by atoms with Crippen LogP contribution in [0.5, 0.6) is 0 Å². The van der Waals surface area contributed by atoms with Crippen LogP contribution in [0.4, 0.5) is 13.2 Å². The van der Waals surface area contributed by atoms with E-state index in [0.717, 1.165) is 25.8 Å². The number of halogens is 3. The van der Waals surface area contributed by atoms with Crippen molar-refractivity contribution in [3.8, 4) is 0 Å². The molecule has 2 nitrogen and oxygen atoms in total. The lowest BCUT2D eigenvalue weighted by Crippen LogP contribution is -2.48. The van der Waals surface area contributed by atoms with Crippen molar-refractivity contribution in [3.05, 3.63) is 0 Å². The molecule has 0 aromatic carbocycles. The molecule has 0 radical (unpaired) electrons. The zero-order valence-electron chi connectivity index (χ0n) is 12.4. The highest BCUT2D eigenvalue weighted by molar-refractivity contribution is 4.91. The molecule has 0 aromatic rings. The topological polar surface area (TPSA) is 15.3 Å². The summed E-state index contributed by atoms with van der Waals surface area (Å²) in [5.74, 6) is 0.566. The Balaban J connectivity index is 1.92. The Labute approximate surface area is 120 Å². The van der Waals surface area contributed by atoms with E-state index in [1.807, 2.05) is 0 Å². The minimum Gasteiger partial charge on any atom is -0.312 e. The molecule has 1 N–H and O–H groups in total. The zero-order chi connectivity index (χ0) is 14.6. The Morgan fingerprint density at radius 3 is 2.30 bits per heavy atom. The van der Waals surface area contributed by atoms with E-state index < -0.39 is 12.7 Å². The second-order valence-electron chi connectivity index (χ2n) is 6.38. The van der Waals surface area contributed by atoms with Crippen molar-refractivity contribution in [2.24, 2.45) is 5.92 Å². The molecule has 0 bridgehead atoms. The fourth-order valence-electron chi connectivity index (χ4n) is 3.34. The Morgan fingerprint density at radius 1 is 1.15 bits per heavy atom. The molecule has 1 atom stereocenters. The van der Waals surface area contributed by atoms with Crippen molar-refractivity contribution in [2.75, 3.05) is 19.6 Å². The number of nitrogens with one attached hydrogen (secondary N) is 1. The maximum Gasteiger partial charge on any atom is 0.401 e. The predicted molar refractivity (Wildman–Crippen MR) is 74.7 cm³/mol. The quantitative estimate of drug-likeness (QED) is 0.736. The minimum atomic E-state index is -4.08. The van der Waals surface area contributed by atoms with E-state index in [4.69, 9.17) is 0 Å². The third-order valence-electron chi connectivity index (χ3n) is 4.50. The molecule has 0 saturated heterocycles. The lowest BCUT2D eigenvalue weighted by atomic mass is 9.97. The number of hydrogen-bond donors (Lipinski definition) is 1. The lowest BCUT2D eigenvalue weighted by molar-refractivity contribution is -0.148. The molecule has 2 fully saturated rings. The van der Waals surface area contributed by atoms with Crippen LogP contribution in [0.1, 0.15) is 51.9 Å². The van der Waals surface area contributed by atoms with E-state index in [0.29, 0.717) is 12.5 Å². The van der Waals surface area contributed by atoms with Crippen LogP contribution in [0.25, 0.3) is 0 Å². The van der Waals surface area contributed by atoms with Crippen molar-refractivity contribution in [1.29, 1.82) is 0 Å². The highest BCUT2D eigenvalue weighted by Crippen LogP contribution is 2.33. The highest BCUT2D eigenvalue weighted by Gasteiger charge is 2.39. The van der Waals surface area contributed by atoms with Gasteiger partial charge in [-0.1, -0.05) is 19.8 Å². The summed E-state index contributed by atoms with van der Waals surface area (Å²) in [6.45, 7) is 2.84. The molecular formula is C15H27F3N2. The van der Waals surface area contributed by atoms with E-state index in [1.54, 1.807) is 4.90 Å². The van der Waals surface area contributed by atoms with Gasteiger partial charge in [0.25, 0.3) is 0 Å². The van der Waals surface area contributed by atoms with Gasteiger partial charge in [-0.15, -0.1) is 0 Å². The van der Waals surface area contributed by atoms with Gasteiger partial charge in [0.15, 0.2) is 0 Å². The van der Waals surface area contributed by atoms with E-state index in [2.05, 4.69) is 12.2 Å². The number of alkyl halides is 3. The minimum absolute atomic E-state index is 0.170. The van der Waals surface area contributed by atoms with Crippen molar-refractivity contribution in [2.45, 2.75) is 70.1 Å². The monoisotopic (exact) mass is 292 g/mol. The van der Waals surface area contributed by atoms with Crippen molar-refractivity contribution >= 4 is 0 Å². The fraction of sp³-hybridized carbons (Fsp3) is 1.00. The maximum absolute atomic E-state index is 12.7. The Morgan fingerprint density at radius 2 is 1.80 bits per heavy atom. The normalized spacial score (nSPS) is 22.6. The van der Waals surface area contributed by atoms with Crippen LogP contribution >= 0.6 is 0 Å². The van der Waals surface area contributed by atoms with Crippen LogP contribution in [-0.2, 0) is 0 Å². The summed E-state index contributed by atoms with van der Waals surface area (Å²) in [5.41, 5.74) is 0. The first-order valence-electron chi connectivity index (χ1n) is 8.04. The van der Waals surface area contributed by atoms with E-state index in [1.165, 1.54) is 25.7 Å². The largest absolute Gasteiger partial charge is 0.401 e. The summed E-state index contributed by atoms with van der Waals surface area (Å²) in [6, 6.07) is 0.407. The molecule has 20 heavy (non-hydrogen) atoms. The van der Waals surface area contributed by atoms with Gasteiger partial charge >= 0.3 is 6.18 Å². The fourth-order valence-corrected chi connectivity index (χ4v) is 3.34. The zero-order valence-corrected chi connectivity index (χ0v) is 12.4. The van der Waals surface area contributed by atoms with Crippen molar-refractivity contribution in [1.82, 2.24) is 10.2 Å². The summed E-state index contributed by atoms with van der Waals surface area (Å²) in [5, 5.41) is 3.50. The van der Waals surface area contributed by atoms with Crippen LogP contribution in [-0.4, -0.2) is 42.8 Å². The molecule has 0 aromatic heterocycles. The summed E-state index contributed by atoms with van der Waals surface area (Å²) in [7, 11) is 0. The maximum atomic E-state index is 12.7. The number of hydrogen-bond acceptors (Lipinski definition) is 2. The molecule has 0 heterocycles. The van der Waals surface area contributed by atoms with Gasteiger partial charge in [0, 0.05) is 18.6 Å². The van der Waals surface area contributed by atoms with Crippen LogP contribution in [0.3, 0.4) is 0 Å². The summed E-state index contributed by atoms with van der Waals surface area (Å²) >= 11 is 0. The standard InChI is InChI=1S/C15H27F3N2/c1-2-9-19-14(12-5-3-4-6-12)10-20(13-7-8-13)11-15(16,17)18/h12-14,19H,2-11H2,1H3. The second-order valence-corrected chi connectivity index (χ2v) is 6.38. The molecule has 0 spiro atoms. The van der Waals surface area contributed by atoms with Gasteiger partial charge in [-0.25, -0.2) is 0 Å². The molecule has 0 amide bonds. The van der Waals surface area contributed by atoms with Gasteiger partial charge in [-0.2, -0.15) is 13.2 Å². The molecule has 2 rings (SSSR count). The third kappa shape index (κ3) is 5.24. The van der Waals surface area contributed by atoms with Crippen LogP contribution in [0.15, 0.2) is 0 Å². The second kappa shape index (κ2) is 7.12. The molecule has 118 valence electrons. The van der Waals surface area contributed by atoms with E-state index in [9.17, 15) is 13.2 Å². The Bertz CT molecular complexity index is 283. The number of nitrogens with zero attached hydrogens (tertiary/aromatic N) is 1. The number of rotatable bonds is 8. The van der Waals surface area contributed by atoms with Crippen molar-refractivity contribution in [3.63, 3.8) is 0 Å². The summed E-state index contributed by atoms with van der Waals surface area (Å²) < 4.78 is 38.1. The van der Waals surface area contributed by atoms with Gasteiger partial charge in [0.05, 0.1) is 6.54 Å². The SMILES string of the molecule is CCCNC(CN(CC(F)(F)F)C1CC1)C1CCCC1. The lowest BCUT2D eigenvalue weighted by Gasteiger charge is -2.32. The average Bonchev–Trinajstić information content (AvgIpc) is 3.07. The van der Waals surface area contributed by atoms with E-state index >= 15 is 0 Å². The smallest absolute Gasteiger partial charge is 0.312 e. The van der Waals surface area contributed by atoms with Gasteiger partial charge < -0.3 is 5.32 Å². The predicted octanol–water partition coefficient (Wildman–Crippen LogP) is 3.57. The Hall–Kier alpha value is -0.290. The van der Waals surface area contributed by atoms with Gasteiger partial charge in [-0.05, 0) is 44.6 Å². The first-order chi connectivity index (χ1) is 9.49. The molecule has 1 unspecified atom stereocenters. The molecule has 5 heteroatoms. The van der Waals surface area contributed by atoms with Gasteiger partial charge in [-0.3, -0.25) is 4.90 Å². The summed E-state index contributed by atoms with van der Waals surface area (Å²) in [4.78, 5) is 1.67. The summed E-state index contributed by atoms with van der Waals surface area (Å²) in [6.07, 6.45) is 3.63. The molecule has 2 aliphatic rings. The van der Waals surface area contributed by atoms with Crippen LogP contribution in [0.2, 0.25) is 0 Å². The molecule has 2 saturated carbocycles. The first kappa shape index (κ1) is 16.1. The third-order valence-corrected chi connectivity index (χ3v) is 4.50. The molecule has 0 aliphatic heterocycles. The van der Waals surface area contributed by atoms with Crippen LogP contribution in [0, 0.1) is 5.92 Å². The first-order valence-corrected chi connectivity index (χ1v) is 8.04.